The van der Waals surface area contributed by atoms with Gasteiger partial charge in [0.15, 0.2) is 5.76 Å². The number of rotatable bonds is 2. The maximum absolute atomic E-state index is 12.6. The van der Waals surface area contributed by atoms with Crippen LogP contribution in [0.5, 0.6) is 0 Å². The molecule has 7 heteroatoms. The fourth-order valence-corrected chi connectivity index (χ4v) is 3.02. The molecule has 0 saturated carbocycles. The van der Waals surface area contributed by atoms with Crippen molar-refractivity contribution in [3.05, 3.63) is 48.5 Å². The van der Waals surface area contributed by atoms with E-state index < -0.39 is 0 Å². The third-order valence-electron chi connectivity index (χ3n) is 4.28. The summed E-state index contributed by atoms with van der Waals surface area (Å²) in [4.78, 5) is 21.0. The number of fused-ring (bicyclic) bond motifs is 1. The molecule has 1 fully saturated rings. The normalized spacial score (nSPS) is 14.7. The number of imidazole rings is 1. The summed E-state index contributed by atoms with van der Waals surface area (Å²) in [5.41, 5.74) is 0.752. The van der Waals surface area contributed by atoms with E-state index in [9.17, 15) is 4.79 Å². The zero-order valence-corrected chi connectivity index (χ0v) is 14.2. The number of carbonyl (C=O) groups is 1. The Labute approximate surface area is 146 Å². The number of halogens is 1. The average Bonchev–Trinajstić information content (AvgIpc) is 3.20. The van der Waals surface area contributed by atoms with E-state index in [-0.39, 0.29) is 18.3 Å². The first-order valence-electron chi connectivity index (χ1n) is 7.72. The van der Waals surface area contributed by atoms with Crippen LogP contribution in [0.25, 0.3) is 11.0 Å². The number of piperazine rings is 1. The highest BCUT2D eigenvalue weighted by molar-refractivity contribution is 5.96. The van der Waals surface area contributed by atoms with E-state index >= 15 is 0 Å². The van der Waals surface area contributed by atoms with Crippen LogP contribution in [0.1, 0.15) is 10.6 Å². The van der Waals surface area contributed by atoms with Gasteiger partial charge in [-0.3, -0.25) is 4.79 Å². The summed E-state index contributed by atoms with van der Waals surface area (Å²) in [6.45, 7) is 2.89. The minimum absolute atomic E-state index is 0. The Morgan fingerprint density at radius 3 is 2.58 bits per heavy atom. The molecule has 6 nitrogen and oxygen atoms in total. The van der Waals surface area contributed by atoms with E-state index in [4.69, 9.17) is 4.42 Å². The van der Waals surface area contributed by atoms with E-state index in [1.807, 2.05) is 53.0 Å². The first-order valence-corrected chi connectivity index (χ1v) is 7.72. The molecule has 0 spiro atoms. The average molecular weight is 347 g/mol. The van der Waals surface area contributed by atoms with Gasteiger partial charge in [-0.2, -0.15) is 0 Å². The van der Waals surface area contributed by atoms with Crippen LogP contribution >= 0.6 is 12.4 Å². The molecule has 3 aromatic rings. The van der Waals surface area contributed by atoms with Crippen LogP contribution in [-0.4, -0.2) is 46.5 Å². The number of aryl methyl sites for hydroxylation is 1. The highest BCUT2D eigenvalue weighted by atomic mass is 35.5. The van der Waals surface area contributed by atoms with Crippen LogP contribution in [0, 0.1) is 0 Å². The van der Waals surface area contributed by atoms with Crippen molar-refractivity contribution in [1.82, 2.24) is 14.5 Å². The van der Waals surface area contributed by atoms with Crippen molar-refractivity contribution in [3.8, 4) is 0 Å². The topological polar surface area (TPSA) is 54.5 Å². The van der Waals surface area contributed by atoms with Crippen molar-refractivity contribution in [3.63, 3.8) is 0 Å². The van der Waals surface area contributed by atoms with Gasteiger partial charge in [-0.15, -0.1) is 12.4 Å². The van der Waals surface area contributed by atoms with Gasteiger partial charge in [-0.05, 0) is 12.1 Å². The quantitative estimate of drug-likeness (QED) is 0.715. The second-order valence-electron chi connectivity index (χ2n) is 5.77. The molecule has 1 aliphatic rings. The largest absolute Gasteiger partial charge is 0.451 e. The Morgan fingerprint density at radius 2 is 1.92 bits per heavy atom. The van der Waals surface area contributed by atoms with Gasteiger partial charge in [0.25, 0.3) is 5.91 Å². The third-order valence-corrected chi connectivity index (χ3v) is 4.28. The first-order chi connectivity index (χ1) is 11.2. The Morgan fingerprint density at radius 1 is 1.17 bits per heavy atom. The smallest absolute Gasteiger partial charge is 0.289 e. The lowest BCUT2D eigenvalue weighted by Gasteiger charge is -2.34. The molecule has 0 atom stereocenters. The Hall–Kier alpha value is -2.47. The van der Waals surface area contributed by atoms with E-state index in [1.165, 1.54) is 0 Å². The van der Waals surface area contributed by atoms with Crippen LogP contribution in [0.15, 0.2) is 47.1 Å². The van der Waals surface area contributed by atoms with Gasteiger partial charge in [-0.1, -0.05) is 18.2 Å². The summed E-state index contributed by atoms with van der Waals surface area (Å²) in [6.07, 6.45) is 3.72. The second kappa shape index (κ2) is 6.57. The number of hydrogen-bond donors (Lipinski definition) is 0. The lowest BCUT2D eigenvalue weighted by molar-refractivity contribution is 0.0716. The highest BCUT2D eigenvalue weighted by Gasteiger charge is 2.25. The number of hydrogen-bond acceptors (Lipinski definition) is 4. The van der Waals surface area contributed by atoms with E-state index in [2.05, 4.69) is 9.88 Å². The van der Waals surface area contributed by atoms with Crippen molar-refractivity contribution in [1.29, 1.82) is 0 Å². The Bertz CT molecular complexity index is 816. The molecule has 1 aliphatic heterocycles. The van der Waals surface area contributed by atoms with Crippen LogP contribution in [0.3, 0.4) is 0 Å². The molecule has 1 aromatic carbocycles. The van der Waals surface area contributed by atoms with Crippen molar-refractivity contribution >= 4 is 35.2 Å². The Kier molecular flexibility index (Phi) is 4.49. The summed E-state index contributed by atoms with van der Waals surface area (Å²) >= 11 is 0. The highest BCUT2D eigenvalue weighted by Crippen LogP contribution is 2.21. The van der Waals surface area contributed by atoms with Gasteiger partial charge >= 0.3 is 0 Å². The lowest BCUT2D eigenvalue weighted by atomic mass is 10.2. The summed E-state index contributed by atoms with van der Waals surface area (Å²) in [7, 11) is 1.98. The molecule has 0 N–H and O–H groups in total. The SMILES string of the molecule is Cl.Cn1ccnc1N1CCN(C(=O)c2cc3ccccc3o2)CC1. The maximum Gasteiger partial charge on any atom is 0.289 e. The third kappa shape index (κ3) is 2.85. The predicted octanol–water partition coefficient (Wildman–Crippen LogP) is 2.55. The number of anilines is 1. The maximum atomic E-state index is 12.6. The van der Waals surface area contributed by atoms with Gasteiger partial charge in [0.05, 0.1) is 0 Å². The van der Waals surface area contributed by atoms with Crippen molar-refractivity contribution in [2.45, 2.75) is 0 Å². The molecule has 0 aliphatic carbocycles. The number of carbonyl (C=O) groups excluding carboxylic acids is 1. The summed E-state index contributed by atoms with van der Waals surface area (Å²) in [5.74, 6) is 1.32. The van der Waals surface area contributed by atoms with Crippen molar-refractivity contribution in [2.75, 3.05) is 31.1 Å². The number of benzene rings is 1. The minimum atomic E-state index is -0.0410. The van der Waals surface area contributed by atoms with Gasteiger partial charge in [-0.25, -0.2) is 4.98 Å². The molecule has 4 rings (SSSR count). The predicted molar refractivity (Wildman–Crippen MR) is 94.8 cm³/mol. The summed E-state index contributed by atoms with van der Waals surface area (Å²) in [5, 5.41) is 0.961. The molecule has 0 bridgehead atoms. The van der Waals surface area contributed by atoms with E-state index in [1.54, 1.807) is 6.20 Å². The number of furan rings is 1. The number of amides is 1. The van der Waals surface area contributed by atoms with Crippen molar-refractivity contribution < 1.29 is 9.21 Å². The van der Waals surface area contributed by atoms with Gasteiger partial charge in [0, 0.05) is 51.0 Å². The molecule has 1 saturated heterocycles. The molecule has 2 aromatic heterocycles. The lowest BCUT2D eigenvalue weighted by Crippen LogP contribution is -2.49. The molecule has 126 valence electrons. The van der Waals surface area contributed by atoms with E-state index in [0.29, 0.717) is 18.8 Å². The fourth-order valence-electron chi connectivity index (χ4n) is 3.02. The molecule has 1 amide bonds. The van der Waals surface area contributed by atoms with Gasteiger partial charge in [0.1, 0.15) is 5.58 Å². The summed E-state index contributed by atoms with van der Waals surface area (Å²) in [6, 6.07) is 9.51. The zero-order valence-electron chi connectivity index (χ0n) is 13.4. The second-order valence-corrected chi connectivity index (χ2v) is 5.77. The first kappa shape index (κ1) is 16.4. The standard InChI is InChI=1S/C17H18N4O2.ClH/c1-19-7-6-18-17(19)21-10-8-20(9-11-21)16(22)15-12-13-4-2-3-5-14(13)23-15;/h2-7,12H,8-11H2,1H3;1H. The number of aromatic nitrogens is 2. The molecule has 0 radical (unpaired) electrons. The number of nitrogens with zero attached hydrogens (tertiary/aromatic N) is 4. The zero-order chi connectivity index (χ0) is 15.8. The van der Waals surface area contributed by atoms with Crippen LogP contribution in [0.2, 0.25) is 0 Å². The minimum Gasteiger partial charge on any atom is -0.451 e. The van der Waals surface area contributed by atoms with Gasteiger partial charge in [0.2, 0.25) is 5.95 Å². The van der Waals surface area contributed by atoms with Crippen LogP contribution in [0.4, 0.5) is 5.95 Å². The van der Waals surface area contributed by atoms with Crippen LogP contribution in [-0.2, 0) is 7.05 Å². The monoisotopic (exact) mass is 346 g/mol. The number of para-hydroxylation sites is 1. The molecular formula is C17H19ClN4O2. The van der Waals surface area contributed by atoms with Gasteiger partial charge < -0.3 is 18.8 Å². The fraction of sp³-hybridized carbons (Fsp3) is 0.294. The van der Waals surface area contributed by atoms with E-state index in [0.717, 1.165) is 30.0 Å². The molecule has 0 unspecified atom stereocenters. The molecule has 24 heavy (non-hydrogen) atoms. The molecule has 3 heterocycles. The summed E-state index contributed by atoms with van der Waals surface area (Å²) < 4.78 is 7.68. The Balaban J connectivity index is 0.00000169. The van der Waals surface area contributed by atoms with Crippen molar-refractivity contribution in [2.24, 2.45) is 7.05 Å². The molecular weight excluding hydrogens is 328 g/mol. The van der Waals surface area contributed by atoms with Crippen LogP contribution < -0.4 is 4.90 Å².